The highest BCUT2D eigenvalue weighted by molar-refractivity contribution is 7.99. The zero-order valence-electron chi connectivity index (χ0n) is 10.8. The summed E-state index contributed by atoms with van der Waals surface area (Å²) in [6.45, 7) is 10.0. The van der Waals surface area contributed by atoms with Gasteiger partial charge < -0.3 is 5.32 Å². The molecule has 1 nitrogen and oxygen atoms in total. The Morgan fingerprint density at radius 1 is 1.19 bits per heavy atom. The second-order valence-electron chi connectivity index (χ2n) is 4.49. The van der Waals surface area contributed by atoms with E-state index < -0.39 is 0 Å². The Kier molecular flexibility index (Phi) is 5.93. The summed E-state index contributed by atoms with van der Waals surface area (Å²) in [6, 6.07) is 9.14. The van der Waals surface area contributed by atoms with E-state index in [1.165, 1.54) is 10.5 Å². The number of rotatable bonds is 6. The molecule has 0 spiro atoms. The molecule has 0 heterocycles. The molecule has 0 aliphatic heterocycles. The Labute approximate surface area is 104 Å². The van der Waals surface area contributed by atoms with Gasteiger partial charge in [0.15, 0.2) is 0 Å². The molecule has 1 unspecified atom stereocenters. The lowest BCUT2D eigenvalue weighted by atomic mass is 10.1. The predicted octanol–water partition coefficient (Wildman–Crippen LogP) is 4.11. The summed E-state index contributed by atoms with van der Waals surface area (Å²) in [6.07, 6.45) is 0. The SMILES string of the molecule is CCSc1ccccc1C(C)NCC(C)C. The van der Waals surface area contributed by atoms with Crippen molar-refractivity contribution in [2.45, 2.75) is 38.6 Å². The van der Waals surface area contributed by atoms with Crippen LogP contribution in [-0.2, 0) is 0 Å². The molecule has 0 aliphatic rings. The fourth-order valence-electron chi connectivity index (χ4n) is 1.65. The quantitative estimate of drug-likeness (QED) is 0.747. The number of hydrogen-bond acceptors (Lipinski definition) is 2. The highest BCUT2D eigenvalue weighted by atomic mass is 32.2. The van der Waals surface area contributed by atoms with E-state index >= 15 is 0 Å². The second-order valence-corrected chi connectivity index (χ2v) is 5.80. The molecule has 1 aromatic carbocycles. The van der Waals surface area contributed by atoms with Crippen LogP contribution in [0.3, 0.4) is 0 Å². The van der Waals surface area contributed by atoms with Gasteiger partial charge in [0.25, 0.3) is 0 Å². The molecule has 0 bridgehead atoms. The fraction of sp³-hybridized carbons (Fsp3) is 0.571. The summed E-state index contributed by atoms with van der Waals surface area (Å²) in [5, 5.41) is 3.58. The van der Waals surface area contributed by atoms with Gasteiger partial charge in [-0.1, -0.05) is 39.0 Å². The summed E-state index contributed by atoms with van der Waals surface area (Å²) in [4.78, 5) is 1.41. The van der Waals surface area contributed by atoms with Crippen molar-refractivity contribution in [3.63, 3.8) is 0 Å². The first kappa shape index (κ1) is 13.6. The minimum atomic E-state index is 0.442. The molecular formula is C14H23NS. The van der Waals surface area contributed by atoms with Crippen molar-refractivity contribution in [1.82, 2.24) is 5.32 Å². The lowest BCUT2D eigenvalue weighted by Gasteiger charge is -2.18. The lowest BCUT2D eigenvalue weighted by molar-refractivity contribution is 0.492. The van der Waals surface area contributed by atoms with Crippen molar-refractivity contribution < 1.29 is 0 Å². The molecule has 0 aromatic heterocycles. The van der Waals surface area contributed by atoms with Gasteiger partial charge in [-0.15, -0.1) is 11.8 Å². The van der Waals surface area contributed by atoms with Crippen LogP contribution in [-0.4, -0.2) is 12.3 Å². The zero-order chi connectivity index (χ0) is 12.0. The van der Waals surface area contributed by atoms with Gasteiger partial charge in [-0.05, 0) is 36.8 Å². The average Bonchev–Trinajstić information content (AvgIpc) is 2.27. The van der Waals surface area contributed by atoms with Crippen LogP contribution in [0.15, 0.2) is 29.2 Å². The van der Waals surface area contributed by atoms with Crippen molar-refractivity contribution in [3.05, 3.63) is 29.8 Å². The maximum absolute atomic E-state index is 3.58. The van der Waals surface area contributed by atoms with Crippen molar-refractivity contribution in [2.75, 3.05) is 12.3 Å². The molecule has 0 saturated carbocycles. The van der Waals surface area contributed by atoms with Gasteiger partial charge in [-0.3, -0.25) is 0 Å². The van der Waals surface area contributed by atoms with Gasteiger partial charge in [0, 0.05) is 10.9 Å². The van der Waals surface area contributed by atoms with Crippen LogP contribution in [0.2, 0.25) is 0 Å². The molecule has 90 valence electrons. The summed E-state index contributed by atoms with van der Waals surface area (Å²) < 4.78 is 0. The minimum absolute atomic E-state index is 0.442. The lowest BCUT2D eigenvalue weighted by Crippen LogP contribution is -2.23. The summed E-state index contributed by atoms with van der Waals surface area (Å²) in [5.74, 6) is 1.84. The summed E-state index contributed by atoms with van der Waals surface area (Å²) >= 11 is 1.92. The number of benzene rings is 1. The highest BCUT2D eigenvalue weighted by Crippen LogP contribution is 2.27. The van der Waals surface area contributed by atoms with Crippen LogP contribution in [0.1, 0.15) is 39.3 Å². The van der Waals surface area contributed by atoms with Crippen molar-refractivity contribution in [2.24, 2.45) is 5.92 Å². The first-order valence-electron chi connectivity index (χ1n) is 6.10. The molecular weight excluding hydrogens is 214 g/mol. The van der Waals surface area contributed by atoms with Gasteiger partial charge in [0.1, 0.15) is 0 Å². The van der Waals surface area contributed by atoms with E-state index in [1.807, 2.05) is 11.8 Å². The van der Waals surface area contributed by atoms with Crippen LogP contribution in [0.25, 0.3) is 0 Å². The largest absolute Gasteiger partial charge is 0.310 e. The van der Waals surface area contributed by atoms with E-state index in [4.69, 9.17) is 0 Å². The third kappa shape index (κ3) is 4.18. The van der Waals surface area contributed by atoms with Crippen molar-refractivity contribution in [1.29, 1.82) is 0 Å². The van der Waals surface area contributed by atoms with E-state index in [2.05, 4.69) is 57.3 Å². The molecule has 1 rings (SSSR count). The molecule has 1 atom stereocenters. The number of thioether (sulfide) groups is 1. The van der Waals surface area contributed by atoms with Crippen LogP contribution in [0.4, 0.5) is 0 Å². The average molecular weight is 237 g/mol. The zero-order valence-corrected chi connectivity index (χ0v) is 11.6. The molecule has 1 N–H and O–H groups in total. The Morgan fingerprint density at radius 3 is 2.50 bits per heavy atom. The molecule has 0 fully saturated rings. The monoisotopic (exact) mass is 237 g/mol. The Balaban J connectivity index is 2.69. The molecule has 2 heteroatoms. The van der Waals surface area contributed by atoms with Gasteiger partial charge in [-0.25, -0.2) is 0 Å². The first-order valence-corrected chi connectivity index (χ1v) is 7.08. The highest BCUT2D eigenvalue weighted by Gasteiger charge is 2.09. The molecule has 0 radical (unpaired) electrons. The van der Waals surface area contributed by atoms with E-state index in [0.717, 1.165) is 12.3 Å². The van der Waals surface area contributed by atoms with Crippen LogP contribution < -0.4 is 5.32 Å². The molecule has 0 aliphatic carbocycles. The minimum Gasteiger partial charge on any atom is -0.310 e. The summed E-state index contributed by atoms with van der Waals surface area (Å²) in [7, 11) is 0. The maximum Gasteiger partial charge on any atom is 0.0302 e. The van der Waals surface area contributed by atoms with Gasteiger partial charge in [-0.2, -0.15) is 0 Å². The van der Waals surface area contributed by atoms with Crippen LogP contribution >= 0.6 is 11.8 Å². The standard InChI is InChI=1S/C14H23NS/c1-5-16-14-9-7-6-8-13(14)12(4)15-10-11(2)3/h6-9,11-12,15H,5,10H2,1-4H3. The van der Waals surface area contributed by atoms with Crippen molar-refractivity contribution >= 4 is 11.8 Å². The molecule has 16 heavy (non-hydrogen) atoms. The molecule has 0 saturated heterocycles. The topological polar surface area (TPSA) is 12.0 Å². The van der Waals surface area contributed by atoms with E-state index in [0.29, 0.717) is 12.0 Å². The maximum atomic E-state index is 3.58. The first-order chi connectivity index (χ1) is 7.65. The molecule has 1 aromatic rings. The normalized spacial score (nSPS) is 13.1. The number of nitrogens with one attached hydrogen (secondary N) is 1. The smallest absolute Gasteiger partial charge is 0.0302 e. The van der Waals surface area contributed by atoms with E-state index in [9.17, 15) is 0 Å². The third-order valence-electron chi connectivity index (χ3n) is 2.52. The Hall–Kier alpha value is -0.470. The Bertz CT molecular complexity index is 309. The van der Waals surface area contributed by atoms with Gasteiger partial charge in [0.05, 0.1) is 0 Å². The fourth-order valence-corrected chi connectivity index (χ4v) is 2.54. The second kappa shape index (κ2) is 6.97. The number of hydrogen-bond donors (Lipinski definition) is 1. The van der Waals surface area contributed by atoms with Crippen LogP contribution in [0, 0.1) is 5.92 Å². The Morgan fingerprint density at radius 2 is 1.88 bits per heavy atom. The van der Waals surface area contributed by atoms with E-state index in [1.54, 1.807) is 0 Å². The van der Waals surface area contributed by atoms with E-state index in [-0.39, 0.29) is 0 Å². The third-order valence-corrected chi connectivity index (χ3v) is 3.49. The summed E-state index contributed by atoms with van der Waals surface area (Å²) in [5.41, 5.74) is 1.43. The van der Waals surface area contributed by atoms with Gasteiger partial charge in [0.2, 0.25) is 0 Å². The predicted molar refractivity (Wildman–Crippen MR) is 74.1 cm³/mol. The molecule has 0 amide bonds. The van der Waals surface area contributed by atoms with Crippen molar-refractivity contribution in [3.8, 4) is 0 Å². The van der Waals surface area contributed by atoms with Gasteiger partial charge >= 0.3 is 0 Å². The van der Waals surface area contributed by atoms with Crippen LogP contribution in [0.5, 0.6) is 0 Å².